The smallest absolute Gasteiger partial charge is 0.343 e. The van der Waals surface area contributed by atoms with Crippen LogP contribution in [0.25, 0.3) is 10.9 Å². The maximum atomic E-state index is 12.7. The van der Waals surface area contributed by atoms with Gasteiger partial charge in [0, 0.05) is 25.6 Å². The third kappa shape index (κ3) is 3.47. The van der Waals surface area contributed by atoms with Crippen molar-refractivity contribution in [2.24, 2.45) is 0 Å². The summed E-state index contributed by atoms with van der Waals surface area (Å²) >= 11 is 0. The van der Waals surface area contributed by atoms with Gasteiger partial charge in [-0.05, 0) is 31.9 Å². The Balaban J connectivity index is 1.44. The van der Waals surface area contributed by atoms with E-state index >= 15 is 0 Å². The highest BCUT2D eigenvalue weighted by atomic mass is 16.5. The minimum atomic E-state index is -0.208. The number of para-hydroxylation sites is 1. The molecule has 0 unspecified atom stereocenters. The van der Waals surface area contributed by atoms with Crippen molar-refractivity contribution in [3.05, 3.63) is 46.9 Å². The predicted molar refractivity (Wildman–Crippen MR) is 102 cm³/mol. The molecule has 1 aliphatic rings. The maximum Gasteiger partial charge on any atom is 0.343 e. The van der Waals surface area contributed by atoms with Crippen molar-refractivity contribution < 1.29 is 9.53 Å². The molecule has 1 atom stereocenters. The summed E-state index contributed by atoms with van der Waals surface area (Å²) in [5.41, 5.74) is 0.564. The zero-order valence-corrected chi connectivity index (χ0v) is 15.7. The first-order chi connectivity index (χ1) is 13.7. The molecule has 3 heterocycles. The number of carbonyl (C=O) groups excluding carboxylic acids is 1. The van der Waals surface area contributed by atoms with Gasteiger partial charge in [-0.3, -0.25) is 9.36 Å². The fourth-order valence-corrected chi connectivity index (χ4v) is 3.68. The number of rotatable bonds is 5. The standard InChI is InChI=1S/C19H22N6O3/c1-2-25-17(22-23-19(25)27)13-6-5-9-24(10-13)16(26)11-28-18-14-7-3-4-8-15(14)20-12-21-18/h3-4,7-8,12-13H,2,5-6,9-11H2,1H3,(H,23,27)/t13-/m0/s1. The Morgan fingerprint density at radius 3 is 3.04 bits per heavy atom. The van der Waals surface area contributed by atoms with E-state index in [0.717, 1.165) is 23.7 Å². The number of piperidine rings is 1. The third-order valence-corrected chi connectivity index (χ3v) is 5.08. The van der Waals surface area contributed by atoms with Crippen LogP contribution in [0.4, 0.5) is 0 Å². The Morgan fingerprint density at radius 1 is 1.32 bits per heavy atom. The molecule has 1 N–H and O–H groups in total. The van der Waals surface area contributed by atoms with Gasteiger partial charge in [0.05, 0.1) is 10.9 Å². The number of aromatic nitrogens is 5. The first kappa shape index (κ1) is 18.1. The summed E-state index contributed by atoms with van der Waals surface area (Å²) < 4.78 is 7.33. The Hall–Kier alpha value is -3.23. The first-order valence-electron chi connectivity index (χ1n) is 9.42. The lowest BCUT2D eigenvalue weighted by atomic mass is 9.97. The van der Waals surface area contributed by atoms with E-state index < -0.39 is 0 Å². The molecule has 1 aromatic carbocycles. The molecule has 0 saturated carbocycles. The summed E-state index contributed by atoms with van der Waals surface area (Å²) in [6, 6.07) is 7.52. The summed E-state index contributed by atoms with van der Waals surface area (Å²) in [6.45, 7) is 3.57. The van der Waals surface area contributed by atoms with E-state index in [1.54, 1.807) is 9.47 Å². The Morgan fingerprint density at radius 2 is 2.18 bits per heavy atom. The molecule has 0 spiro atoms. The van der Waals surface area contributed by atoms with Crippen molar-refractivity contribution in [2.75, 3.05) is 19.7 Å². The van der Waals surface area contributed by atoms with Crippen LogP contribution in [-0.2, 0) is 11.3 Å². The molecular weight excluding hydrogens is 360 g/mol. The number of hydrogen-bond acceptors (Lipinski definition) is 6. The van der Waals surface area contributed by atoms with Crippen molar-refractivity contribution in [3.63, 3.8) is 0 Å². The quantitative estimate of drug-likeness (QED) is 0.713. The lowest BCUT2D eigenvalue weighted by Crippen LogP contribution is -2.42. The number of ether oxygens (including phenoxy) is 1. The minimum absolute atomic E-state index is 0.0384. The molecule has 1 amide bonds. The van der Waals surface area contributed by atoms with Crippen LogP contribution in [0, 0.1) is 0 Å². The Kier molecular flexibility index (Phi) is 5.05. The van der Waals surface area contributed by atoms with Gasteiger partial charge >= 0.3 is 5.69 Å². The monoisotopic (exact) mass is 382 g/mol. The molecule has 9 nitrogen and oxygen atoms in total. The van der Waals surface area contributed by atoms with E-state index in [1.807, 2.05) is 31.2 Å². The van der Waals surface area contributed by atoms with E-state index in [1.165, 1.54) is 6.33 Å². The molecule has 1 saturated heterocycles. The SMILES string of the molecule is CCn1c([C@H]2CCCN(C(=O)COc3ncnc4ccccc34)C2)n[nH]c1=O. The number of nitrogens with zero attached hydrogens (tertiary/aromatic N) is 5. The van der Waals surface area contributed by atoms with Crippen molar-refractivity contribution in [2.45, 2.75) is 32.2 Å². The summed E-state index contributed by atoms with van der Waals surface area (Å²) in [5.74, 6) is 1.05. The summed E-state index contributed by atoms with van der Waals surface area (Å²) in [7, 11) is 0. The van der Waals surface area contributed by atoms with Gasteiger partial charge in [0.15, 0.2) is 6.61 Å². The molecule has 3 aromatic rings. The number of aromatic amines is 1. The predicted octanol–water partition coefficient (Wildman–Crippen LogP) is 1.32. The van der Waals surface area contributed by atoms with Gasteiger partial charge in [0.2, 0.25) is 5.88 Å². The molecular formula is C19H22N6O3. The first-order valence-corrected chi connectivity index (χ1v) is 9.42. The highest BCUT2D eigenvalue weighted by Crippen LogP contribution is 2.25. The zero-order valence-electron chi connectivity index (χ0n) is 15.7. The molecule has 2 aromatic heterocycles. The molecule has 0 radical (unpaired) electrons. The van der Waals surface area contributed by atoms with Crippen molar-refractivity contribution in [1.29, 1.82) is 0 Å². The van der Waals surface area contributed by atoms with Crippen LogP contribution in [-0.4, -0.2) is 55.2 Å². The highest BCUT2D eigenvalue weighted by molar-refractivity contribution is 5.84. The largest absolute Gasteiger partial charge is 0.467 e. The van der Waals surface area contributed by atoms with Gasteiger partial charge in [0.1, 0.15) is 12.2 Å². The zero-order chi connectivity index (χ0) is 19.5. The van der Waals surface area contributed by atoms with Crippen LogP contribution in [0.3, 0.4) is 0 Å². The number of H-pyrrole nitrogens is 1. The van der Waals surface area contributed by atoms with E-state index in [0.29, 0.717) is 31.3 Å². The van der Waals surface area contributed by atoms with Crippen LogP contribution in [0.1, 0.15) is 31.5 Å². The fraction of sp³-hybridized carbons (Fsp3) is 0.421. The summed E-state index contributed by atoms with van der Waals surface area (Å²) in [5, 5.41) is 7.46. The van der Waals surface area contributed by atoms with E-state index in [-0.39, 0.29) is 24.1 Å². The number of carbonyl (C=O) groups is 1. The van der Waals surface area contributed by atoms with Crippen LogP contribution >= 0.6 is 0 Å². The minimum Gasteiger partial charge on any atom is -0.467 e. The Labute approximate surface area is 161 Å². The number of hydrogen-bond donors (Lipinski definition) is 1. The van der Waals surface area contributed by atoms with Crippen LogP contribution in [0.5, 0.6) is 5.88 Å². The van der Waals surface area contributed by atoms with Crippen molar-refractivity contribution in [1.82, 2.24) is 29.6 Å². The second kappa shape index (κ2) is 7.79. The number of nitrogens with one attached hydrogen (secondary N) is 1. The van der Waals surface area contributed by atoms with Gasteiger partial charge in [-0.1, -0.05) is 12.1 Å². The molecule has 1 fully saturated rings. The van der Waals surface area contributed by atoms with Gasteiger partial charge in [-0.15, -0.1) is 0 Å². The molecule has 9 heteroatoms. The van der Waals surface area contributed by atoms with Crippen LogP contribution in [0.2, 0.25) is 0 Å². The van der Waals surface area contributed by atoms with Gasteiger partial charge in [0.25, 0.3) is 5.91 Å². The molecule has 0 aliphatic carbocycles. The van der Waals surface area contributed by atoms with Crippen molar-refractivity contribution in [3.8, 4) is 5.88 Å². The average Bonchev–Trinajstić information content (AvgIpc) is 3.12. The number of amides is 1. The van der Waals surface area contributed by atoms with Gasteiger partial charge < -0.3 is 9.64 Å². The van der Waals surface area contributed by atoms with E-state index in [9.17, 15) is 9.59 Å². The topological polar surface area (TPSA) is 106 Å². The summed E-state index contributed by atoms with van der Waals surface area (Å²) in [6.07, 6.45) is 3.18. The molecule has 146 valence electrons. The lowest BCUT2D eigenvalue weighted by Gasteiger charge is -2.32. The van der Waals surface area contributed by atoms with Crippen LogP contribution in [0.15, 0.2) is 35.4 Å². The third-order valence-electron chi connectivity index (χ3n) is 5.08. The average molecular weight is 382 g/mol. The molecule has 1 aliphatic heterocycles. The van der Waals surface area contributed by atoms with Crippen LogP contribution < -0.4 is 10.4 Å². The maximum absolute atomic E-state index is 12.7. The molecule has 28 heavy (non-hydrogen) atoms. The number of likely N-dealkylation sites (tertiary alicyclic amines) is 1. The van der Waals surface area contributed by atoms with E-state index in [2.05, 4.69) is 20.2 Å². The second-order valence-corrected chi connectivity index (χ2v) is 6.79. The highest BCUT2D eigenvalue weighted by Gasteiger charge is 2.28. The number of benzene rings is 1. The second-order valence-electron chi connectivity index (χ2n) is 6.79. The number of fused-ring (bicyclic) bond motifs is 1. The van der Waals surface area contributed by atoms with Gasteiger partial charge in [-0.25, -0.2) is 19.9 Å². The fourth-order valence-electron chi connectivity index (χ4n) is 3.68. The van der Waals surface area contributed by atoms with Crippen molar-refractivity contribution >= 4 is 16.8 Å². The van der Waals surface area contributed by atoms with Gasteiger partial charge in [-0.2, -0.15) is 5.10 Å². The molecule has 0 bridgehead atoms. The Bertz CT molecular complexity index is 1040. The lowest BCUT2D eigenvalue weighted by molar-refractivity contribution is -0.134. The summed E-state index contributed by atoms with van der Waals surface area (Å²) in [4.78, 5) is 34.7. The normalized spacial score (nSPS) is 17.0. The molecule has 4 rings (SSSR count). The van der Waals surface area contributed by atoms with E-state index in [4.69, 9.17) is 4.74 Å².